The van der Waals surface area contributed by atoms with E-state index in [-0.39, 0.29) is 12.5 Å². The molecule has 0 atom stereocenters. The number of hydrogen-bond donors (Lipinski definition) is 1. The number of rotatable bonds is 7. The fraction of sp³-hybridized carbons (Fsp3) is 0.474. The van der Waals surface area contributed by atoms with Gasteiger partial charge in [-0.2, -0.15) is 0 Å². The first-order valence-corrected chi connectivity index (χ1v) is 9.94. The Balaban J connectivity index is 1.35. The standard InChI is InChI=1S/C19H23ClN2O2S/c1-13-11-14(8-9-15(13)20)24-12-18(23)21-10-4-7-19-22-16-5-2-3-6-17(16)25-19/h8-9,11H,2-7,10,12H2,1H3,(H,21,23). The van der Waals surface area contributed by atoms with Crippen LogP contribution in [0.4, 0.5) is 0 Å². The van der Waals surface area contributed by atoms with Gasteiger partial charge in [0.2, 0.25) is 0 Å². The van der Waals surface area contributed by atoms with Crippen LogP contribution in [-0.2, 0) is 24.1 Å². The highest BCUT2D eigenvalue weighted by Crippen LogP contribution is 2.27. The van der Waals surface area contributed by atoms with Crippen molar-refractivity contribution < 1.29 is 9.53 Å². The van der Waals surface area contributed by atoms with Gasteiger partial charge in [-0.3, -0.25) is 4.79 Å². The number of halogens is 1. The predicted molar refractivity (Wildman–Crippen MR) is 102 cm³/mol. The molecule has 1 N–H and O–H groups in total. The molecule has 0 spiro atoms. The summed E-state index contributed by atoms with van der Waals surface area (Å²) in [6, 6.07) is 5.38. The van der Waals surface area contributed by atoms with Crippen molar-refractivity contribution >= 4 is 28.8 Å². The van der Waals surface area contributed by atoms with E-state index in [0.717, 1.165) is 24.8 Å². The van der Waals surface area contributed by atoms with Crippen LogP contribution in [0.15, 0.2) is 18.2 Å². The van der Waals surface area contributed by atoms with E-state index in [2.05, 4.69) is 5.32 Å². The number of nitrogens with one attached hydrogen (secondary N) is 1. The fourth-order valence-electron chi connectivity index (χ4n) is 2.89. The molecular formula is C19H23ClN2O2S. The number of carbonyl (C=O) groups is 1. The number of ether oxygens (including phenoxy) is 1. The maximum absolute atomic E-state index is 11.9. The Labute approximate surface area is 157 Å². The normalized spacial score (nSPS) is 13.4. The van der Waals surface area contributed by atoms with Crippen molar-refractivity contribution in [2.45, 2.75) is 45.4 Å². The Morgan fingerprint density at radius 1 is 1.36 bits per heavy atom. The van der Waals surface area contributed by atoms with Gasteiger partial charge in [0, 0.05) is 22.9 Å². The van der Waals surface area contributed by atoms with E-state index in [1.807, 2.05) is 24.3 Å². The molecule has 0 unspecified atom stereocenters. The van der Waals surface area contributed by atoms with Crippen LogP contribution in [0.25, 0.3) is 0 Å². The highest BCUT2D eigenvalue weighted by molar-refractivity contribution is 7.11. The fourth-order valence-corrected chi connectivity index (χ4v) is 4.20. The van der Waals surface area contributed by atoms with Crippen molar-refractivity contribution in [2.75, 3.05) is 13.2 Å². The zero-order valence-corrected chi connectivity index (χ0v) is 16.0. The van der Waals surface area contributed by atoms with Gasteiger partial charge in [0.15, 0.2) is 6.61 Å². The molecule has 25 heavy (non-hydrogen) atoms. The summed E-state index contributed by atoms with van der Waals surface area (Å²) in [6.07, 6.45) is 6.69. The van der Waals surface area contributed by atoms with Gasteiger partial charge < -0.3 is 10.1 Å². The highest BCUT2D eigenvalue weighted by atomic mass is 35.5. The number of aromatic nitrogens is 1. The summed E-state index contributed by atoms with van der Waals surface area (Å²) < 4.78 is 5.49. The minimum absolute atomic E-state index is 0.0205. The second-order valence-electron chi connectivity index (χ2n) is 6.34. The zero-order chi connectivity index (χ0) is 17.6. The van der Waals surface area contributed by atoms with Gasteiger partial charge in [-0.15, -0.1) is 11.3 Å². The molecule has 0 radical (unpaired) electrons. The lowest BCUT2D eigenvalue weighted by atomic mass is 10.0. The van der Waals surface area contributed by atoms with Gasteiger partial charge >= 0.3 is 0 Å². The molecule has 1 amide bonds. The molecule has 134 valence electrons. The summed E-state index contributed by atoms with van der Waals surface area (Å²) in [5.74, 6) is 0.552. The first-order valence-electron chi connectivity index (χ1n) is 8.75. The molecular weight excluding hydrogens is 356 g/mol. The number of fused-ring (bicyclic) bond motifs is 1. The molecule has 1 aliphatic rings. The molecule has 0 saturated heterocycles. The van der Waals surface area contributed by atoms with Crippen molar-refractivity contribution in [1.29, 1.82) is 0 Å². The van der Waals surface area contributed by atoms with Gasteiger partial charge in [0.1, 0.15) is 5.75 Å². The van der Waals surface area contributed by atoms with E-state index in [9.17, 15) is 4.79 Å². The maximum atomic E-state index is 11.9. The smallest absolute Gasteiger partial charge is 0.257 e. The molecule has 1 aromatic carbocycles. The molecule has 1 aromatic heterocycles. The summed E-state index contributed by atoms with van der Waals surface area (Å²) in [5.41, 5.74) is 2.24. The Bertz CT molecular complexity index is 722. The summed E-state index contributed by atoms with van der Waals surface area (Å²) in [5, 5.41) is 4.80. The van der Waals surface area contributed by atoms with E-state index in [4.69, 9.17) is 21.3 Å². The van der Waals surface area contributed by atoms with Crippen LogP contribution in [-0.4, -0.2) is 24.0 Å². The molecule has 0 aliphatic heterocycles. The topological polar surface area (TPSA) is 51.2 Å². The molecule has 2 aromatic rings. The number of amides is 1. The van der Waals surface area contributed by atoms with Crippen LogP contribution in [0.2, 0.25) is 5.02 Å². The van der Waals surface area contributed by atoms with E-state index in [1.165, 1.54) is 34.8 Å². The first-order chi connectivity index (χ1) is 12.1. The highest BCUT2D eigenvalue weighted by Gasteiger charge is 2.14. The molecule has 1 heterocycles. The number of thiazole rings is 1. The van der Waals surface area contributed by atoms with Gasteiger partial charge in [-0.25, -0.2) is 4.98 Å². The third kappa shape index (κ3) is 5.19. The Morgan fingerprint density at radius 3 is 3.00 bits per heavy atom. The van der Waals surface area contributed by atoms with Crippen LogP contribution < -0.4 is 10.1 Å². The number of nitrogens with zero attached hydrogens (tertiary/aromatic N) is 1. The maximum Gasteiger partial charge on any atom is 0.257 e. The van der Waals surface area contributed by atoms with Crippen LogP contribution in [0.3, 0.4) is 0 Å². The van der Waals surface area contributed by atoms with Crippen molar-refractivity contribution in [3.05, 3.63) is 44.4 Å². The summed E-state index contributed by atoms with van der Waals surface area (Å²) in [4.78, 5) is 18.1. The largest absolute Gasteiger partial charge is 0.484 e. The lowest BCUT2D eigenvalue weighted by Gasteiger charge is -2.08. The summed E-state index contributed by atoms with van der Waals surface area (Å²) in [7, 11) is 0. The molecule has 4 nitrogen and oxygen atoms in total. The monoisotopic (exact) mass is 378 g/mol. The average Bonchev–Trinajstić information content (AvgIpc) is 3.02. The van der Waals surface area contributed by atoms with Crippen molar-refractivity contribution in [3.8, 4) is 5.75 Å². The van der Waals surface area contributed by atoms with E-state index < -0.39 is 0 Å². The lowest BCUT2D eigenvalue weighted by Crippen LogP contribution is -2.29. The Morgan fingerprint density at radius 2 is 2.20 bits per heavy atom. The number of carbonyl (C=O) groups excluding carboxylic acids is 1. The third-order valence-electron chi connectivity index (χ3n) is 4.28. The van der Waals surface area contributed by atoms with Gasteiger partial charge in [0.25, 0.3) is 5.91 Å². The molecule has 0 bridgehead atoms. The Kier molecular flexibility index (Phi) is 6.32. The summed E-state index contributed by atoms with van der Waals surface area (Å²) in [6.45, 7) is 2.57. The molecule has 1 aliphatic carbocycles. The second-order valence-corrected chi connectivity index (χ2v) is 7.91. The number of aryl methyl sites for hydroxylation is 4. The SMILES string of the molecule is Cc1cc(OCC(=O)NCCCc2nc3c(s2)CCCC3)ccc1Cl. The summed E-state index contributed by atoms with van der Waals surface area (Å²) >= 11 is 7.82. The van der Waals surface area contributed by atoms with Crippen LogP contribution in [0.5, 0.6) is 5.75 Å². The lowest BCUT2D eigenvalue weighted by molar-refractivity contribution is -0.123. The quantitative estimate of drug-likeness (QED) is 0.737. The third-order valence-corrected chi connectivity index (χ3v) is 5.92. The van der Waals surface area contributed by atoms with Crippen LogP contribution in [0.1, 0.15) is 40.4 Å². The minimum Gasteiger partial charge on any atom is -0.484 e. The van der Waals surface area contributed by atoms with Crippen molar-refractivity contribution in [3.63, 3.8) is 0 Å². The second kappa shape index (κ2) is 8.68. The number of benzene rings is 1. The Hall–Kier alpha value is -1.59. The molecule has 0 saturated carbocycles. The van der Waals surface area contributed by atoms with Crippen molar-refractivity contribution in [2.24, 2.45) is 0 Å². The van der Waals surface area contributed by atoms with E-state index in [0.29, 0.717) is 17.3 Å². The minimum atomic E-state index is -0.106. The molecule has 6 heteroatoms. The van der Waals surface area contributed by atoms with Crippen molar-refractivity contribution in [1.82, 2.24) is 10.3 Å². The van der Waals surface area contributed by atoms with E-state index >= 15 is 0 Å². The van der Waals surface area contributed by atoms with Crippen LogP contribution in [0, 0.1) is 6.92 Å². The average molecular weight is 379 g/mol. The van der Waals surface area contributed by atoms with Gasteiger partial charge in [-0.05, 0) is 62.8 Å². The van der Waals surface area contributed by atoms with Gasteiger partial charge in [-0.1, -0.05) is 11.6 Å². The first kappa shape index (κ1) is 18.2. The van der Waals surface area contributed by atoms with Gasteiger partial charge in [0.05, 0.1) is 10.7 Å². The molecule has 3 rings (SSSR count). The van der Waals surface area contributed by atoms with E-state index in [1.54, 1.807) is 12.1 Å². The predicted octanol–water partition coefficient (Wildman–Crippen LogP) is 4.11. The zero-order valence-electron chi connectivity index (χ0n) is 14.4. The molecule has 0 fully saturated rings. The van der Waals surface area contributed by atoms with Crippen LogP contribution >= 0.6 is 22.9 Å². The number of hydrogen-bond acceptors (Lipinski definition) is 4.